The van der Waals surface area contributed by atoms with E-state index < -0.39 is 0 Å². The van der Waals surface area contributed by atoms with Gasteiger partial charge in [-0.25, -0.2) is 4.98 Å². The van der Waals surface area contributed by atoms with Gasteiger partial charge in [0, 0.05) is 68.4 Å². The normalized spacial score (nSPS) is 14.7. The minimum Gasteiger partial charge on any atom is -0.493 e. The van der Waals surface area contributed by atoms with Crippen molar-refractivity contribution in [1.82, 2.24) is 19.4 Å². The molecule has 3 aromatic carbocycles. The molecule has 0 saturated carbocycles. The first-order valence-corrected chi connectivity index (χ1v) is 15.4. The highest BCUT2D eigenvalue weighted by Gasteiger charge is 2.19. The van der Waals surface area contributed by atoms with Gasteiger partial charge in [-0.3, -0.25) is 9.80 Å². The summed E-state index contributed by atoms with van der Waals surface area (Å²) in [5.74, 6) is 2.76. The predicted molar refractivity (Wildman–Crippen MR) is 169 cm³/mol. The second-order valence-electron chi connectivity index (χ2n) is 11.2. The molecular formula is C34H43ClN4O2. The van der Waals surface area contributed by atoms with Crippen LogP contribution in [0.25, 0.3) is 22.4 Å². The minimum absolute atomic E-state index is 0.618. The molecule has 0 spiro atoms. The van der Waals surface area contributed by atoms with E-state index in [0.29, 0.717) is 19.3 Å². The Morgan fingerprint density at radius 2 is 1.54 bits per heavy atom. The predicted octanol–water partition coefficient (Wildman–Crippen LogP) is 7.18. The van der Waals surface area contributed by atoms with E-state index in [9.17, 15) is 0 Å². The highest BCUT2D eigenvalue weighted by atomic mass is 35.5. The lowest BCUT2D eigenvalue weighted by atomic mass is 10.1. The maximum Gasteiger partial charge on any atom is 0.141 e. The van der Waals surface area contributed by atoms with Crippen LogP contribution < -0.4 is 9.47 Å². The van der Waals surface area contributed by atoms with E-state index in [-0.39, 0.29) is 0 Å². The summed E-state index contributed by atoms with van der Waals surface area (Å²) in [7, 11) is 0. The number of aromatic nitrogens is 2. The number of piperazine rings is 1. The van der Waals surface area contributed by atoms with Crippen LogP contribution >= 0.6 is 11.6 Å². The van der Waals surface area contributed by atoms with Crippen molar-refractivity contribution in [3.63, 3.8) is 0 Å². The van der Waals surface area contributed by atoms with Crippen LogP contribution in [0.3, 0.4) is 0 Å². The van der Waals surface area contributed by atoms with Crippen molar-refractivity contribution < 1.29 is 9.47 Å². The lowest BCUT2D eigenvalue weighted by Gasteiger charge is -2.36. The third-order valence-electron chi connectivity index (χ3n) is 7.95. The molecule has 1 aliphatic heterocycles. The number of unbranched alkanes of at least 4 members (excludes halogenated alkanes) is 1. The number of rotatable bonds is 13. The zero-order valence-corrected chi connectivity index (χ0v) is 25.4. The molecule has 5 rings (SSSR count). The highest BCUT2D eigenvalue weighted by molar-refractivity contribution is 6.30. The van der Waals surface area contributed by atoms with Gasteiger partial charge >= 0.3 is 0 Å². The Hall–Kier alpha value is -3.06. The minimum atomic E-state index is 0.618. The first-order valence-electron chi connectivity index (χ1n) is 15.1. The van der Waals surface area contributed by atoms with Crippen molar-refractivity contribution in [2.45, 2.75) is 52.6 Å². The van der Waals surface area contributed by atoms with Gasteiger partial charge in [0.25, 0.3) is 0 Å². The van der Waals surface area contributed by atoms with Crippen LogP contribution in [-0.4, -0.2) is 71.3 Å². The van der Waals surface area contributed by atoms with E-state index in [4.69, 9.17) is 26.1 Å². The third kappa shape index (κ3) is 7.82. The molecule has 4 aromatic rings. The topological polar surface area (TPSA) is 42.8 Å². The Morgan fingerprint density at radius 3 is 2.24 bits per heavy atom. The largest absolute Gasteiger partial charge is 0.493 e. The smallest absolute Gasteiger partial charge is 0.141 e. The van der Waals surface area contributed by atoms with Crippen LogP contribution in [0.15, 0.2) is 66.7 Å². The average molecular weight is 575 g/mol. The van der Waals surface area contributed by atoms with Gasteiger partial charge in [0.1, 0.15) is 23.9 Å². The summed E-state index contributed by atoms with van der Waals surface area (Å²) in [4.78, 5) is 10.1. The van der Waals surface area contributed by atoms with Crippen LogP contribution in [0.5, 0.6) is 11.5 Å². The molecular weight excluding hydrogens is 532 g/mol. The van der Waals surface area contributed by atoms with E-state index in [2.05, 4.69) is 65.5 Å². The van der Waals surface area contributed by atoms with Crippen LogP contribution in [0.4, 0.5) is 0 Å². The Balaban J connectivity index is 1.22. The fourth-order valence-electron chi connectivity index (χ4n) is 5.39. The molecule has 0 aliphatic carbocycles. The first-order chi connectivity index (χ1) is 20.0. The molecule has 1 saturated heterocycles. The fraction of sp³-hybridized carbons (Fsp3) is 0.441. The van der Waals surface area contributed by atoms with Crippen molar-refractivity contribution in [3.05, 3.63) is 77.3 Å². The van der Waals surface area contributed by atoms with Crippen LogP contribution in [0.1, 0.15) is 39.2 Å². The number of imidazole rings is 1. The van der Waals surface area contributed by atoms with Crippen LogP contribution in [-0.2, 0) is 13.0 Å². The summed E-state index contributed by atoms with van der Waals surface area (Å²) in [5, 5.41) is 0.755. The Morgan fingerprint density at radius 1 is 0.829 bits per heavy atom. The fourth-order valence-corrected chi connectivity index (χ4v) is 5.52. The summed E-state index contributed by atoms with van der Waals surface area (Å²) < 4.78 is 14.6. The molecule has 6 nitrogen and oxygen atoms in total. The molecule has 0 unspecified atom stereocenters. The number of aryl methyl sites for hydroxylation is 1. The van der Waals surface area contributed by atoms with Gasteiger partial charge in [0.05, 0.1) is 17.6 Å². The number of nitrogens with zero attached hydrogens (tertiary/aromatic N) is 4. The Kier molecular flexibility index (Phi) is 10.2. The summed E-state index contributed by atoms with van der Waals surface area (Å²) in [6.45, 7) is 14.5. The summed E-state index contributed by atoms with van der Waals surface area (Å²) in [5.41, 5.74) is 4.42. The number of hydrogen-bond donors (Lipinski definition) is 0. The third-order valence-corrected chi connectivity index (χ3v) is 8.21. The Bertz CT molecular complexity index is 1380. The molecule has 1 aliphatic rings. The molecule has 0 amide bonds. The van der Waals surface area contributed by atoms with E-state index in [1.807, 2.05) is 36.4 Å². The summed E-state index contributed by atoms with van der Waals surface area (Å²) >= 11 is 5.99. The molecule has 218 valence electrons. The second kappa shape index (κ2) is 14.2. The molecule has 0 N–H and O–H groups in total. The monoisotopic (exact) mass is 574 g/mol. The number of benzene rings is 3. The molecule has 7 heteroatoms. The maximum absolute atomic E-state index is 6.24. The van der Waals surface area contributed by atoms with E-state index in [1.54, 1.807) is 0 Å². The number of hydrogen-bond acceptors (Lipinski definition) is 5. The van der Waals surface area contributed by atoms with E-state index in [0.717, 1.165) is 97.5 Å². The van der Waals surface area contributed by atoms with Gasteiger partial charge in [0.15, 0.2) is 0 Å². The molecule has 0 bridgehead atoms. The molecule has 1 fully saturated rings. The van der Waals surface area contributed by atoms with Gasteiger partial charge in [-0.1, -0.05) is 37.1 Å². The highest BCUT2D eigenvalue weighted by Crippen LogP contribution is 2.29. The van der Waals surface area contributed by atoms with Crippen LogP contribution in [0, 0.1) is 0 Å². The molecule has 0 atom stereocenters. The summed E-state index contributed by atoms with van der Waals surface area (Å²) in [6, 6.07) is 23.1. The van der Waals surface area contributed by atoms with Crippen molar-refractivity contribution in [2.75, 3.05) is 45.9 Å². The zero-order chi connectivity index (χ0) is 28.6. The maximum atomic E-state index is 6.24. The molecule has 1 aromatic heterocycles. The standard InChI is InChI=1S/C34H43ClN4O2/c1-4-5-17-39-33-25-31(41-24-22-37-18-20-38(21-19-37)26(2)3)14-15-32(33)36-34(39)28-8-12-30(13-9-28)40-23-16-27-6-10-29(35)11-7-27/h6-15,25-26H,4-5,16-24H2,1-3H3. The van der Waals surface area contributed by atoms with Crippen molar-refractivity contribution in [3.8, 4) is 22.9 Å². The lowest BCUT2D eigenvalue weighted by molar-refractivity contribution is 0.0971. The van der Waals surface area contributed by atoms with Gasteiger partial charge in [-0.2, -0.15) is 0 Å². The van der Waals surface area contributed by atoms with E-state index >= 15 is 0 Å². The van der Waals surface area contributed by atoms with Gasteiger partial charge in [-0.15, -0.1) is 0 Å². The van der Waals surface area contributed by atoms with Crippen molar-refractivity contribution in [2.24, 2.45) is 0 Å². The van der Waals surface area contributed by atoms with Gasteiger partial charge < -0.3 is 14.0 Å². The second-order valence-corrected chi connectivity index (χ2v) is 11.6. The summed E-state index contributed by atoms with van der Waals surface area (Å²) in [6.07, 6.45) is 3.06. The van der Waals surface area contributed by atoms with Gasteiger partial charge in [-0.05, 0) is 74.4 Å². The molecule has 2 heterocycles. The number of ether oxygens (including phenoxy) is 2. The Labute approximate surface area is 249 Å². The lowest BCUT2D eigenvalue weighted by Crippen LogP contribution is -2.49. The van der Waals surface area contributed by atoms with Gasteiger partial charge in [0.2, 0.25) is 0 Å². The SMILES string of the molecule is CCCCn1c(-c2ccc(OCCc3ccc(Cl)cc3)cc2)nc2ccc(OCCN3CCN(C(C)C)CC3)cc21. The number of fused-ring (bicyclic) bond motifs is 1. The molecule has 41 heavy (non-hydrogen) atoms. The zero-order valence-electron chi connectivity index (χ0n) is 24.7. The van der Waals surface area contributed by atoms with Crippen molar-refractivity contribution in [1.29, 1.82) is 0 Å². The van der Waals surface area contributed by atoms with Crippen molar-refractivity contribution >= 4 is 22.6 Å². The molecule has 0 radical (unpaired) electrons. The van der Waals surface area contributed by atoms with Crippen LogP contribution in [0.2, 0.25) is 5.02 Å². The average Bonchev–Trinajstić information content (AvgIpc) is 3.35. The van der Waals surface area contributed by atoms with E-state index in [1.165, 1.54) is 5.56 Å². The number of halogens is 1. The quantitative estimate of drug-likeness (QED) is 0.169. The first kappa shape index (κ1) is 29.4.